The van der Waals surface area contributed by atoms with Gasteiger partial charge in [0.15, 0.2) is 0 Å². The monoisotopic (exact) mass is 301 g/mol. The highest BCUT2D eigenvalue weighted by Crippen LogP contribution is 2.32. The van der Waals surface area contributed by atoms with Crippen LogP contribution in [0.2, 0.25) is 5.02 Å². The summed E-state index contributed by atoms with van der Waals surface area (Å²) >= 11 is 7.95. The van der Waals surface area contributed by atoms with Crippen molar-refractivity contribution >= 4 is 23.4 Å². The first-order chi connectivity index (χ1) is 9.65. The summed E-state index contributed by atoms with van der Waals surface area (Å²) in [6, 6.07) is 14.4. The molecule has 0 saturated heterocycles. The Morgan fingerprint density at radius 3 is 2.60 bits per heavy atom. The van der Waals surface area contributed by atoms with Gasteiger partial charge in [0.25, 0.3) is 0 Å². The second-order valence-electron chi connectivity index (χ2n) is 4.55. The molecule has 102 valence electrons. The maximum absolute atomic E-state index is 8.96. The highest BCUT2D eigenvalue weighted by atomic mass is 35.5. The SMILES string of the molecule is CCSc1ccc(-c2cc(Cl)ccc2CC#N)c(C)c1. The lowest BCUT2D eigenvalue weighted by atomic mass is 9.95. The van der Waals surface area contributed by atoms with E-state index in [1.54, 1.807) is 0 Å². The number of halogens is 1. The van der Waals surface area contributed by atoms with Crippen LogP contribution in [0.5, 0.6) is 0 Å². The molecule has 0 aliphatic heterocycles. The van der Waals surface area contributed by atoms with E-state index < -0.39 is 0 Å². The maximum Gasteiger partial charge on any atom is 0.0669 e. The summed E-state index contributed by atoms with van der Waals surface area (Å²) in [5, 5.41) is 9.66. The van der Waals surface area contributed by atoms with E-state index in [1.807, 2.05) is 30.0 Å². The van der Waals surface area contributed by atoms with Crippen LogP contribution in [0, 0.1) is 18.3 Å². The summed E-state index contributed by atoms with van der Waals surface area (Å²) in [6.07, 6.45) is 0.400. The first-order valence-electron chi connectivity index (χ1n) is 6.55. The normalized spacial score (nSPS) is 10.3. The summed E-state index contributed by atoms with van der Waals surface area (Å²) in [5.41, 5.74) is 4.45. The zero-order valence-electron chi connectivity index (χ0n) is 11.6. The van der Waals surface area contributed by atoms with Crippen molar-refractivity contribution in [2.75, 3.05) is 5.75 Å². The van der Waals surface area contributed by atoms with Crippen molar-refractivity contribution in [3.63, 3.8) is 0 Å². The lowest BCUT2D eigenvalue weighted by molar-refractivity contribution is 1.25. The molecule has 0 fully saturated rings. The number of hydrogen-bond acceptors (Lipinski definition) is 2. The minimum absolute atomic E-state index is 0.400. The van der Waals surface area contributed by atoms with Crippen LogP contribution >= 0.6 is 23.4 Å². The molecule has 0 heterocycles. The van der Waals surface area contributed by atoms with Crippen molar-refractivity contribution in [2.24, 2.45) is 0 Å². The van der Waals surface area contributed by atoms with Crippen LogP contribution in [0.1, 0.15) is 18.1 Å². The molecule has 20 heavy (non-hydrogen) atoms. The molecule has 3 heteroatoms. The molecule has 0 radical (unpaired) electrons. The Kier molecular flexibility index (Phi) is 5.11. The molecule has 1 nitrogen and oxygen atoms in total. The number of hydrogen-bond donors (Lipinski definition) is 0. The molecule has 0 bridgehead atoms. The Balaban J connectivity index is 2.50. The van der Waals surface area contributed by atoms with Gasteiger partial charge >= 0.3 is 0 Å². The van der Waals surface area contributed by atoms with Crippen LogP contribution in [-0.4, -0.2) is 5.75 Å². The van der Waals surface area contributed by atoms with E-state index in [2.05, 4.69) is 38.1 Å². The molecular weight excluding hydrogens is 286 g/mol. The minimum Gasteiger partial charge on any atom is -0.198 e. The van der Waals surface area contributed by atoms with Gasteiger partial charge in [0.1, 0.15) is 0 Å². The predicted molar refractivity (Wildman–Crippen MR) is 87.3 cm³/mol. The van der Waals surface area contributed by atoms with E-state index in [0.29, 0.717) is 11.4 Å². The number of benzene rings is 2. The molecule has 0 aliphatic rings. The average Bonchev–Trinajstić information content (AvgIpc) is 2.42. The molecule has 0 N–H and O–H groups in total. The maximum atomic E-state index is 8.96. The predicted octanol–water partition coefficient (Wildman–Crippen LogP) is 5.49. The van der Waals surface area contributed by atoms with Crippen molar-refractivity contribution in [2.45, 2.75) is 25.2 Å². The number of nitrogens with zero attached hydrogens (tertiary/aromatic N) is 1. The van der Waals surface area contributed by atoms with Gasteiger partial charge in [-0.25, -0.2) is 0 Å². The van der Waals surface area contributed by atoms with Gasteiger partial charge in [0.05, 0.1) is 12.5 Å². The van der Waals surface area contributed by atoms with Crippen molar-refractivity contribution < 1.29 is 0 Å². The fourth-order valence-electron chi connectivity index (χ4n) is 2.23. The van der Waals surface area contributed by atoms with E-state index in [-0.39, 0.29) is 0 Å². The first-order valence-corrected chi connectivity index (χ1v) is 7.91. The molecule has 0 aromatic heterocycles. The van der Waals surface area contributed by atoms with Crippen molar-refractivity contribution in [1.29, 1.82) is 5.26 Å². The Hall–Kier alpha value is -1.43. The zero-order chi connectivity index (χ0) is 14.5. The molecule has 0 aliphatic carbocycles. The summed E-state index contributed by atoms with van der Waals surface area (Å²) in [7, 11) is 0. The van der Waals surface area contributed by atoms with Gasteiger partial charge in [-0.3, -0.25) is 0 Å². The Morgan fingerprint density at radius 1 is 1.15 bits per heavy atom. The number of aryl methyl sites for hydroxylation is 1. The van der Waals surface area contributed by atoms with Gasteiger partial charge in [-0.05, 0) is 59.2 Å². The quantitative estimate of drug-likeness (QED) is 0.697. The highest BCUT2D eigenvalue weighted by Gasteiger charge is 2.09. The molecule has 0 unspecified atom stereocenters. The first kappa shape index (κ1) is 15.0. The minimum atomic E-state index is 0.400. The smallest absolute Gasteiger partial charge is 0.0669 e. The number of rotatable bonds is 4. The molecule has 0 spiro atoms. The topological polar surface area (TPSA) is 23.8 Å². The van der Waals surface area contributed by atoms with E-state index in [0.717, 1.165) is 22.4 Å². The van der Waals surface area contributed by atoms with Crippen LogP contribution in [0.4, 0.5) is 0 Å². The molecule has 2 rings (SSSR count). The summed E-state index contributed by atoms with van der Waals surface area (Å²) in [5.74, 6) is 1.07. The van der Waals surface area contributed by atoms with E-state index >= 15 is 0 Å². The third-order valence-corrected chi connectivity index (χ3v) is 4.25. The third kappa shape index (κ3) is 3.36. The van der Waals surface area contributed by atoms with Crippen LogP contribution < -0.4 is 0 Å². The van der Waals surface area contributed by atoms with Crippen LogP contribution in [0.3, 0.4) is 0 Å². The van der Waals surface area contributed by atoms with Crippen molar-refractivity contribution in [3.05, 3.63) is 52.5 Å². The second-order valence-corrected chi connectivity index (χ2v) is 6.32. The molecule has 2 aromatic carbocycles. The van der Waals surface area contributed by atoms with Crippen LogP contribution in [-0.2, 0) is 6.42 Å². The summed E-state index contributed by atoms with van der Waals surface area (Å²) in [6.45, 7) is 4.25. The number of nitriles is 1. The van der Waals surface area contributed by atoms with Crippen LogP contribution in [0.15, 0.2) is 41.3 Å². The van der Waals surface area contributed by atoms with Crippen LogP contribution in [0.25, 0.3) is 11.1 Å². The van der Waals surface area contributed by atoms with Crippen molar-refractivity contribution in [3.8, 4) is 17.2 Å². The molecule has 0 amide bonds. The third-order valence-electron chi connectivity index (χ3n) is 3.14. The van der Waals surface area contributed by atoms with Gasteiger partial charge in [-0.1, -0.05) is 30.7 Å². The fraction of sp³-hybridized carbons (Fsp3) is 0.235. The van der Waals surface area contributed by atoms with Gasteiger partial charge in [-0.15, -0.1) is 11.8 Å². The van der Waals surface area contributed by atoms with Gasteiger partial charge < -0.3 is 0 Å². The molecule has 0 atom stereocenters. The largest absolute Gasteiger partial charge is 0.198 e. The fourth-order valence-corrected chi connectivity index (χ4v) is 3.16. The Labute approximate surface area is 129 Å². The van der Waals surface area contributed by atoms with E-state index in [9.17, 15) is 0 Å². The van der Waals surface area contributed by atoms with Crippen molar-refractivity contribution in [1.82, 2.24) is 0 Å². The lowest BCUT2D eigenvalue weighted by Gasteiger charge is -2.12. The van der Waals surface area contributed by atoms with E-state index in [1.165, 1.54) is 10.5 Å². The molecular formula is C17H16ClNS. The highest BCUT2D eigenvalue weighted by molar-refractivity contribution is 7.99. The standard InChI is InChI=1S/C17H16ClNS/c1-3-20-15-6-7-16(12(2)10-15)17-11-14(18)5-4-13(17)8-9-19/h4-7,10-11H,3,8H2,1-2H3. The summed E-state index contributed by atoms with van der Waals surface area (Å²) in [4.78, 5) is 1.28. The number of thioether (sulfide) groups is 1. The Morgan fingerprint density at radius 2 is 1.95 bits per heavy atom. The summed E-state index contributed by atoms with van der Waals surface area (Å²) < 4.78 is 0. The second kappa shape index (κ2) is 6.83. The van der Waals surface area contributed by atoms with E-state index in [4.69, 9.17) is 16.9 Å². The average molecular weight is 302 g/mol. The van der Waals surface area contributed by atoms with Gasteiger partial charge in [0, 0.05) is 9.92 Å². The lowest BCUT2D eigenvalue weighted by Crippen LogP contribution is -1.91. The molecule has 0 saturated carbocycles. The van der Waals surface area contributed by atoms with Gasteiger partial charge in [-0.2, -0.15) is 5.26 Å². The zero-order valence-corrected chi connectivity index (χ0v) is 13.2. The van der Waals surface area contributed by atoms with Gasteiger partial charge in [0.2, 0.25) is 0 Å². The Bertz CT molecular complexity index is 659. The molecule has 2 aromatic rings.